The molecule has 2 aromatic heterocycles. The van der Waals surface area contributed by atoms with Crippen molar-refractivity contribution in [3.63, 3.8) is 0 Å². The SMILES string of the molecule is C[n+]1ccn(C[C@@H](O)[C@H](O)[C@@H](O)[C@H](O)Cn2cc[n+](C)c2)c1. The highest BCUT2D eigenvalue weighted by atomic mass is 16.4. The van der Waals surface area contributed by atoms with Crippen molar-refractivity contribution in [3.05, 3.63) is 37.4 Å². The van der Waals surface area contributed by atoms with Crippen LogP contribution in [0.2, 0.25) is 0 Å². The van der Waals surface area contributed by atoms with Gasteiger partial charge in [0.15, 0.2) is 0 Å². The van der Waals surface area contributed by atoms with Crippen LogP contribution in [-0.4, -0.2) is 54.0 Å². The van der Waals surface area contributed by atoms with Crippen LogP contribution >= 0.6 is 0 Å². The number of imidazole rings is 2. The summed E-state index contributed by atoms with van der Waals surface area (Å²) < 4.78 is 6.99. The summed E-state index contributed by atoms with van der Waals surface area (Å²) in [5.41, 5.74) is 0. The van der Waals surface area contributed by atoms with E-state index in [4.69, 9.17) is 0 Å². The first-order chi connectivity index (χ1) is 10.4. The van der Waals surface area contributed by atoms with Crippen LogP contribution in [0.3, 0.4) is 0 Å². The van der Waals surface area contributed by atoms with Gasteiger partial charge in [-0.05, 0) is 0 Å². The molecule has 0 fully saturated rings. The Balaban J connectivity index is 1.90. The van der Waals surface area contributed by atoms with E-state index in [1.165, 1.54) is 0 Å². The summed E-state index contributed by atoms with van der Waals surface area (Å²) in [5.74, 6) is 0. The van der Waals surface area contributed by atoms with E-state index in [-0.39, 0.29) is 13.1 Å². The minimum Gasteiger partial charge on any atom is -0.387 e. The largest absolute Gasteiger partial charge is 0.387 e. The lowest BCUT2D eigenvalue weighted by Gasteiger charge is -2.24. The van der Waals surface area contributed by atoms with Crippen LogP contribution in [0.1, 0.15) is 0 Å². The fourth-order valence-corrected chi connectivity index (χ4v) is 2.32. The second kappa shape index (κ2) is 7.01. The first-order valence-electron chi connectivity index (χ1n) is 7.11. The fourth-order valence-electron chi connectivity index (χ4n) is 2.32. The smallest absolute Gasteiger partial charge is 0.243 e. The van der Waals surface area contributed by atoms with Crippen LogP contribution in [0.25, 0.3) is 0 Å². The van der Waals surface area contributed by atoms with Gasteiger partial charge in [0, 0.05) is 0 Å². The van der Waals surface area contributed by atoms with Crippen molar-refractivity contribution in [2.75, 3.05) is 0 Å². The van der Waals surface area contributed by atoms with E-state index in [1.807, 2.05) is 14.1 Å². The molecular formula is C14H24N4O4+2. The molecule has 0 aromatic carbocycles. The molecule has 2 aromatic rings. The summed E-state index contributed by atoms with van der Waals surface area (Å²) >= 11 is 0. The lowest BCUT2D eigenvalue weighted by atomic mass is 10.0. The summed E-state index contributed by atoms with van der Waals surface area (Å²) in [7, 11) is 3.68. The fraction of sp³-hybridized carbons (Fsp3) is 0.571. The molecule has 0 aliphatic heterocycles. The van der Waals surface area contributed by atoms with Crippen molar-refractivity contribution in [2.45, 2.75) is 37.5 Å². The predicted octanol–water partition coefficient (Wildman–Crippen LogP) is -2.92. The lowest BCUT2D eigenvalue weighted by Crippen LogP contribution is -2.47. The maximum absolute atomic E-state index is 10.0. The van der Waals surface area contributed by atoms with Crippen molar-refractivity contribution >= 4 is 0 Å². The molecule has 0 bridgehead atoms. The third kappa shape index (κ3) is 4.14. The van der Waals surface area contributed by atoms with E-state index >= 15 is 0 Å². The van der Waals surface area contributed by atoms with Gasteiger partial charge in [-0.2, -0.15) is 0 Å². The van der Waals surface area contributed by atoms with Crippen molar-refractivity contribution in [1.29, 1.82) is 0 Å². The Morgan fingerprint density at radius 3 is 1.41 bits per heavy atom. The standard InChI is InChI=1S/C14H24N4O4/c1-15-3-5-17(9-15)7-11(19)13(21)14(22)12(20)8-18-6-4-16(2)10-18/h3-6,9-14,19-22H,7-8H2,1-2H3/q+2/t11-,12-,13+,14+/m1/s1. The Hall–Kier alpha value is -1.74. The van der Waals surface area contributed by atoms with Gasteiger partial charge >= 0.3 is 0 Å². The minimum absolute atomic E-state index is 0.129. The zero-order chi connectivity index (χ0) is 16.3. The zero-order valence-electron chi connectivity index (χ0n) is 12.8. The van der Waals surface area contributed by atoms with Crippen LogP contribution in [0.5, 0.6) is 0 Å². The number of rotatable bonds is 7. The van der Waals surface area contributed by atoms with Gasteiger partial charge in [0.1, 0.15) is 62.3 Å². The quantitative estimate of drug-likeness (QED) is 0.412. The van der Waals surface area contributed by atoms with E-state index in [1.54, 1.807) is 55.7 Å². The number of nitrogens with zero attached hydrogens (tertiary/aromatic N) is 4. The molecule has 4 atom stereocenters. The highest BCUT2D eigenvalue weighted by Gasteiger charge is 2.32. The molecule has 4 N–H and O–H groups in total. The average Bonchev–Trinajstić information content (AvgIpc) is 3.05. The van der Waals surface area contributed by atoms with Gasteiger partial charge in [-0.3, -0.25) is 0 Å². The molecule has 0 aliphatic rings. The molecule has 0 saturated carbocycles. The molecule has 8 heteroatoms. The first-order valence-corrected chi connectivity index (χ1v) is 7.11. The third-order valence-electron chi connectivity index (χ3n) is 3.58. The number of aliphatic hydroxyl groups excluding tert-OH is 4. The highest BCUT2D eigenvalue weighted by Crippen LogP contribution is 2.09. The third-order valence-corrected chi connectivity index (χ3v) is 3.58. The lowest BCUT2D eigenvalue weighted by molar-refractivity contribution is -0.671. The number of aromatic nitrogens is 4. The Bertz CT molecular complexity index is 545. The van der Waals surface area contributed by atoms with Gasteiger partial charge in [0.2, 0.25) is 12.7 Å². The summed E-state index contributed by atoms with van der Waals surface area (Å²) in [6.45, 7) is 0.258. The maximum Gasteiger partial charge on any atom is 0.243 e. The summed E-state index contributed by atoms with van der Waals surface area (Å²) in [6.07, 6.45) is 5.36. The molecular weight excluding hydrogens is 288 g/mol. The van der Waals surface area contributed by atoms with Gasteiger partial charge in [-0.15, -0.1) is 0 Å². The van der Waals surface area contributed by atoms with Crippen LogP contribution in [0.15, 0.2) is 37.4 Å². The molecule has 0 aliphatic carbocycles. The van der Waals surface area contributed by atoms with Crippen molar-refractivity contribution in [1.82, 2.24) is 9.13 Å². The molecule has 8 nitrogen and oxygen atoms in total. The van der Waals surface area contributed by atoms with E-state index in [0.29, 0.717) is 0 Å². The van der Waals surface area contributed by atoms with E-state index in [9.17, 15) is 20.4 Å². The van der Waals surface area contributed by atoms with Gasteiger partial charge in [0.25, 0.3) is 0 Å². The van der Waals surface area contributed by atoms with Crippen LogP contribution in [0, 0.1) is 0 Å². The summed E-state index contributed by atoms with van der Waals surface area (Å²) in [6, 6.07) is 0. The van der Waals surface area contributed by atoms with Gasteiger partial charge in [-0.1, -0.05) is 0 Å². The van der Waals surface area contributed by atoms with Crippen LogP contribution in [-0.2, 0) is 27.2 Å². The van der Waals surface area contributed by atoms with Crippen LogP contribution in [0.4, 0.5) is 0 Å². The molecule has 22 heavy (non-hydrogen) atoms. The predicted molar refractivity (Wildman–Crippen MR) is 75.2 cm³/mol. The highest BCUT2D eigenvalue weighted by molar-refractivity contribution is 4.83. The Morgan fingerprint density at radius 1 is 0.773 bits per heavy atom. The van der Waals surface area contributed by atoms with Crippen molar-refractivity contribution in [2.24, 2.45) is 14.1 Å². The Labute approximate surface area is 128 Å². The Morgan fingerprint density at radius 2 is 1.14 bits per heavy atom. The second-order valence-corrected chi connectivity index (χ2v) is 5.67. The zero-order valence-corrected chi connectivity index (χ0v) is 12.8. The molecule has 2 rings (SSSR count). The van der Waals surface area contributed by atoms with Gasteiger partial charge in [-0.25, -0.2) is 18.3 Å². The molecule has 0 radical (unpaired) electrons. The number of hydrogen-bond acceptors (Lipinski definition) is 4. The monoisotopic (exact) mass is 312 g/mol. The molecule has 0 spiro atoms. The molecule has 0 unspecified atom stereocenters. The van der Waals surface area contributed by atoms with Crippen LogP contribution < -0.4 is 9.13 Å². The van der Waals surface area contributed by atoms with E-state index < -0.39 is 24.4 Å². The number of aliphatic hydroxyl groups is 4. The van der Waals surface area contributed by atoms with E-state index in [0.717, 1.165) is 0 Å². The Kier molecular flexibility index (Phi) is 5.30. The topological polar surface area (TPSA) is 98.5 Å². The minimum atomic E-state index is -1.44. The summed E-state index contributed by atoms with van der Waals surface area (Å²) in [5, 5.41) is 40.0. The van der Waals surface area contributed by atoms with Crippen molar-refractivity contribution < 1.29 is 29.6 Å². The van der Waals surface area contributed by atoms with Gasteiger partial charge in [0.05, 0.1) is 14.1 Å². The van der Waals surface area contributed by atoms with Gasteiger partial charge < -0.3 is 20.4 Å². The first kappa shape index (κ1) is 16.6. The van der Waals surface area contributed by atoms with E-state index in [2.05, 4.69) is 0 Å². The second-order valence-electron chi connectivity index (χ2n) is 5.67. The molecule has 122 valence electrons. The normalized spacial score (nSPS) is 17.2. The average molecular weight is 312 g/mol. The number of hydrogen-bond donors (Lipinski definition) is 4. The molecule has 2 heterocycles. The summed E-state index contributed by atoms with van der Waals surface area (Å²) in [4.78, 5) is 0. The van der Waals surface area contributed by atoms with Crippen molar-refractivity contribution in [3.8, 4) is 0 Å². The molecule has 0 saturated heterocycles. The molecule has 0 amide bonds. The number of aryl methyl sites for hydroxylation is 2. The maximum atomic E-state index is 10.0.